The lowest BCUT2D eigenvalue weighted by molar-refractivity contribution is 0.0714. The van der Waals surface area contributed by atoms with Gasteiger partial charge in [-0.3, -0.25) is 0 Å². The van der Waals surface area contributed by atoms with Gasteiger partial charge in [0.25, 0.3) is 0 Å². The van der Waals surface area contributed by atoms with Crippen molar-refractivity contribution in [2.45, 2.75) is 58.6 Å². The zero-order valence-electron chi connectivity index (χ0n) is 11.5. The van der Waals surface area contributed by atoms with Crippen molar-refractivity contribution in [1.29, 1.82) is 0 Å². The Morgan fingerprint density at radius 1 is 1.35 bits per heavy atom. The summed E-state index contributed by atoms with van der Waals surface area (Å²) in [5.41, 5.74) is 9.93. The van der Waals surface area contributed by atoms with Crippen molar-refractivity contribution < 1.29 is 4.74 Å². The number of nitrogens with two attached hydrogens (primary N) is 1. The van der Waals surface area contributed by atoms with Crippen LogP contribution in [0.5, 0.6) is 5.75 Å². The normalized spacial score (nSPS) is 22.2. The van der Waals surface area contributed by atoms with E-state index in [4.69, 9.17) is 10.5 Å². The van der Waals surface area contributed by atoms with Crippen LogP contribution in [-0.4, -0.2) is 5.60 Å². The fourth-order valence-electron chi connectivity index (χ4n) is 2.69. The van der Waals surface area contributed by atoms with Crippen molar-refractivity contribution in [3.63, 3.8) is 0 Å². The average molecular weight is 233 g/mol. The molecule has 1 aromatic carbocycles. The molecule has 1 atom stereocenters. The van der Waals surface area contributed by atoms with E-state index in [2.05, 4.69) is 46.8 Å². The number of hydrogen-bond acceptors (Lipinski definition) is 2. The fourth-order valence-corrected chi connectivity index (χ4v) is 2.69. The van der Waals surface area contributed by atoms with Gasteiger partial charge in [-0.1, -0.05) is 26.0 Å². The van der Waals surface area contributed by atoms with Crippen molar-refractivity contribution >= 4 is 0 Å². The Hall–Kier alpha value is -1.02. The summed E-state index contributed by atoms with van der Waals surface area (Å²) in [5, 5.41) is 0. The van der Waals surface area contributed by atoms with E-state index in [1.54, 1.807) is 0 Å². The number of fused-ring (bicyclic) bond motifs is 1. The number of hydrogen-bond donors (Lipinski definition) is 1. The molecule has 0 saturated carbocycles. The van der Waals surface area contributed by atoms with Crippen molar-refractivity contribution in [1.82, 2.24) is 0 Å². The molecule has 0 aliphatic carbocycles. The first-order valence-corrected chi connectivity index (χ1v) is 6.40. The van der Waals surface area contributed by atoms with Crippen molar-refractivity contribution in [2.75, 3.05) is 0 Å². The summed E-state index contributed by atoms with van der Waals surface area (Å²) in [6, 6.07) is 4.42. The molecule has 0 saturated heterocycles. The van der Waals surface area contributed by atoms with E-state index in [-0.39, 0.29) is 11.6 Å². The molecule has 1 aliphatic heterocycles. The van der Waals surface area contributed by atoms with Gasteiger partial charge in [0.15, 0.2) is 0 Å². The molecule has 1 unspecified atom stereocenters. The number of ether oxygens (including phenoxy) is 1. The van der Waals surface area contributed by atoms with Gasteiger partial charge in [-0.2, -0.15) is 0 Å². The molecule has 0 fully saturated rings. The molecule has 0 aromatic heterocycles. The smallest absolute Gasteiger partial charge is 0.128 e. The molecule has 1 aliphatic rings. The zero-order chi connectivity index (χ0) is 12.8. The molecule has 2 N–H and O–H groups in total. The van der Waals surface area contributed by atoms with Gasteiger partial charge < -0.3 is 10.5 Å². The SMILES string of the molecule is Cc1ccc(C(C)C)c2c1OC(C)(C)CC2N. The molecule has 1 heterocycles. The van der Waals surface area contributed by atoms with Crippen LogP contribution in [0.2, 0.25) is 0 Å². The third kappa shape index (κ3) is 2.19. The maximum absolute atomic E-state index is 6.35. The second-order valence-electron chi connectivity index (χ2n) is 6.04. The molecular weight excluding hydrogens is 210 g/mol. The van der Waals surface area contributed by atoms with Gasteiger partial charge in [0.05, 0.1) is 0 Å². The number of aryl methyl sites for hydroxylation is 1. The van der Waals surface area contributed by atoms with Crippen molar-refractivity contribution in [2.24, 2.45) is 5.73 Å². The van der Waals surface area contributed by atoms with Crippen molar-refractivity contribution in [3.05, 3.63) is 28.8 Å². The van der Waals surface area contributed by atoms with Gasteiger partial charge in [-0.25, -0.2) is 0 Å². The molecule has 0 amide bonds. The van der Waals surface area contributed by atoms with Gasteiger partial charge in [-0.15, -0.1) is 0 Å². The summed E-state index contributed by atoms with van der Waals surface area (Å²) in [5.74, 6) is 1.50. The Bertz CT molecular complexity index is 435. The lowest BCUT2D eigenvalue weighted by Gasteiger charge is -2.38. The molecule has 2 heteroatoms. The predicted octanol–water partition coefficient (Wildman–Crippen LogP) is 3.68. The summed E-state index contributed by atoms with van der Waals surface area (Å²) in [7, 11) is 0. The second-order valence-corrected chi connectivity index (χ2v) is 6.04. The van der Waals surface area contributed by atoms with Crippen molar-refractivity contribution in [3.8, 4) is 5.75 Å². The second kappa shape index (κ2) is 4.02. The van der Waals surface area contributed by atoms with Crippen LogP contribution in [0.15, 0.2) is 12.1 Å². The van der Waals surface area contributed by atoms with Gasteiger partial charge in [-0.05, 0) is 37.8 Å². The molecular formula is C15H23NO. The summed E-state index contributed by atoms with van der Waals surface area (Å²) >= 11 is 0. The molecule has 2 nitrogen and oxygen atoms in total. The third-order valence-electron chi connectivity index (χ3n) is 3.51. The van der Waals surface area contributed by atoms with Gasteiger partial charge in [0.1, 0.15) is 11.4 Å². The Labute approximate surface area is 104 Å². The van der Waals surface area contributed by atoms with E-state index in [0.717, 1.165) is 12.2 Å². The van der Waals surface area contributed by atoms with E-state index < -0.39 is 0 Å². The Morgan fingerprint density at radius 2 is 2.00 bits per heavy atom. The molecule has 0 bridgehead atoms. The topological polar surface area (TPSA) is 35.2 Å². The molecule has 17 heavy (non-hydrogen) atoms. The van der Waals surface area contributed by atoms with Gasteiger partial charge >= 0.3 is 0 Å². The maximum Gasteiger partial charge on any atom is 0.128 e. The van der Waals surface area contributed by atoms with Crippen LogP contribution >= 0.6 is 0 Å². The third-order valence-corrected chi connectivity index (χ3v) is 3.51. The molecule has 94 valence electrons. The highest BCUT2D eigenvalue weighted by molar-refractivity contribution is 5.50. The zero-order valence-corrected chi connectivity index (χ0v) is 11.5. The largest absolute Gasteiger partial charge is 0.487 e. The highest BCUT2D eigenvalue weighted by atomic mass is 16.5. The minimum atomic E-state index is -0.160. The van der Waals surface area contributed by atoms with Crippen LogP contribution in [0, 0.1) is 6.92 Å². The Morgan fingerprint density at radius 3 is 2.59 bits per heavy atom. The minimum absolute atomic E-state index is 0.0889. The molecule has 1 aromatic rings. The molecule has 0 spiro atoms. The Kier molecular flexibility index (Phi) is 2.94. The first-order valence-electron chi connectivity index (χ1n) is 6.40. The van der Waals surface area contributed by atoms with Gasteiger partial charge in [0, 0.05) is 18.0 Å². The summed E-state index contributed by atoms with van der Waals surface area (Å²) in [4.78, 5) is 0. The number of benzene rings is 1. The van der Waals surface area contributed by atoms with E-state index in [1.807, 2.05) is 0 Å². The maximum atomic E-state index is 6.35. The molecule has 0 radical (unpaired) electrons. The van der Waals surface area contributed by atoms with Crippen LogP contribution < -0.4 is 10.5 Å². The number of rotatable bonds is 1. The van der Waals surface area contributed by atoms with Crippen LogP contribution in [-0.2, 0) is 0 Å². The van der Waals surface area contributed by atoms with E-state index >= 15 is 0 Å². The summed E-state index contributed by atoms with van der Waals surface area (Å²) in [6.07, 6.45) is 0.878. The highest BCUT2D eigenvalue weighted by Gasteiger charge is 2.34. The van der Waals surface area contributed by atoms with Crippen LogP contribution in [0.1, 0.15) is 62.8 Å². The summed E-state index contributed by atoms with van der Waals surface area (Å²) in [6.45, 7) is 10.7. The quantitative estimate of drug-likeness (QED) is 0.803. The van der Waals surface area contributed by atoms with Gasteiger partial charge in [0.2, 0.25) is 0 Å². The summed E-state index contributed by atoms with van der Waals surface area (Å²) < 4.78 is 6.13. The van der Waals surface area contributed by atoms with Crippen LogP contribution in [0.3, 0.4) is 0 Å². The first-order chi connectivity index (χ1) is 7.82. The monoisotopic (exact) mass is 233 g/mol. The van der Waals surface area contributed by atoms with Crippen LogP contribution in [0.25, 0.3) is 0 Å². The first kappa shape index (κ1) is 12.4. The predicted molar refractivity (Wildman–Crippen MR) is 71.5 cm³/mol. The van der Waals surface area contributed by atoms with E-state index in [1.165, 1.54) is 16.7 Å². The Balaban J connectivity index is 2.60. The average Bonchev–Trinajstić information content (AvgIpc) is 2.17. The molecule has 2 rings (SSSR count). The van der Waals surface area contributed by atoms with E-state index in [9.17, 15) is 0 Å². The highest BCUT2D eigenvalue weighted by Crippen LogP contribution is 2.43. The van der Waals surface area contributed by atoms with Crippen LogP contribution in [0.4, 0.5) is 0 Å². The van der Waals surface area contributed by atoms with E-state index in [0.29, 0.717) is 5.92 Å². The standard InChI is InChI=1S/C15H23NO/c1-9(2)11-7-6-10(3)14-13(11)12(16)8-15(4,5)17-14/h6-7,9,12H,8,16H2,1-5H3. The minimum Gasteiger partial charge on any atom is -0.487 e. The lowest BCUT2D eigenvalue weighted by atomic mass is 9.83. The fraction of sp³-hybridized carbons (Fsp3) is 0.600. The lowest BCUT2D eigenvalue weighted by Crippen LogP contribution is -2.38.